The van der Waals surface area contributed by atoms with Crippen LogP contribution >= 0.6 is 0 Å². The normalized spacial score (nSPS) is 21.3. The second-order valence-corrected chi connectivity index (χ2v) is 9.66. The predicted octanol–water partition coefficient (Wildman–Crippen LogP) is 2.65. The van der Waals surface area contributed by atoms with E-state index in [1.54, 1.807) is 12.4 Å². The van der Waals surface area contributed by atoms with Crippen LogP contribution in [-0.4, -0.2) is 68.9 Å². The van der Waals surface area contributed by atoms with Crippen molar-refractivity contribution in [2.45, 2.75) is 30.8 Å². The van der Waals surface area contributed by atoms with Gasteiger partial charge >= 0.3 is 0 Å². The van der Waals surface area contributed by atoms with Gasteiger partial charge < -0.3 is 10.1 Å². The van der Waals surface area contributed by atoms with E-state index < -0.39 is 0 Å². The lowest BCUT2D eigenvalue weighted by Gasteiger charge is -2.47. The van der Waals surface area contributed by atoms with E-state index >= 15 is 0 Å². The highest BCUT2D eigenvalue weighted by molar-refractivity contribution is 5.83. The van der Waals surface area contributed by atoms with Crippen LogP contribution in [0.4, 0.5) is 0 Å². The number of likely N-dealkylation sites (tertiary alicyclic amines) is 1. The number of amides is 1. The number of hydrogen-bond acceptors (Lipinski definition) is 6. The zero-order valence-electron chi connectivity index (χ0n) is 19.9. The van der Waals surface area contributed by atoms with Gasteiger partial charge in [0.25, 0.3) is 0 Å². The average Bonchev–Trinajstić information content (AvgIpc) is 3.38. The van der Waals surface area contributed by atoms with E-state index in [9.17, 15) is 4.79 Å². The van der Waals surface area contributed by atoms with Gasteiger partial charge in [0.1, 0.15) is 0 Å². The lowest BCUT2D eigenvalue weighted by molar-refractivity contribution is -0.136. The molecule has 0 aliphatic carbocycles. The number of likely N-dealkylation sites (N-methyl/N-ethyl adjacent to an activating group) is 1. The average molecular weight is 469 g/mol. The molecule has 2 atom stereocenters. The van der Waals surface area contributed by atoms with Crippen LogP contribution < -0.4 is 5.32 Å². The van der Waals surface area contributed by atoms with E-state index in [-0.39, 0.29) is 29.8 Å². The number of hydrogen-bond donors (Lipinski definition) is 1. The minimum Gasteiger partial charge on any atom is -0.377 e. The van der Waals surface area contributed by atoms with Gasteiger partial charge in [-0.25, -0.2) is 4.68 Å². The van der Waals surface area contributed by atoms with Gasteiger partial charge in [0.05, 0.1) is 60.5 Å². The topological polar surface area (TPSA) is 85.2 Å². The Morgan fingerprint density at radius 2 is 1.97 bits per heavy atom. The number of carbonyl (C=O) groups excluding carboxylic acids is 1. The predicted molar refractivity (Wildman–Crippen MR) is 132 cm³/mol. The minimum absolute atomic E-state index is 0.0161. The summed E-state index contributed by atoms with van der Waals surface area (Å²) in [4.78, 5) is 24.4. The van der Waals surface area contributed by atoms with Crippen LogP contribution in [-0.2, 0) is 16.0 Å². The van der Waals surface area contributed by atoms with Gasteiger partial charge in [-0.1, -0.05) is 30.3 Å². The number of rotatable bonds is 5. The largest absolute Gasteiger partial charge is 0.377 e. The molecule has 0 saturated carbocycles. The fourth-order valence-electron chi connectivity index (χ4n) is 5.46. The van der Waals surface area contributed by atoms with Crippen LogP contribution in [0.25, 0.3) is 16.6 Å². The first kappa shape index (κ1) is 21.9. The number of benzene rings is 1. The van der Waals surface area contributed by atoms with Gasteiger partial charge in [0.2, 0.25) is 5.91 Å². The molecular formula is C27H28N6O2. The molecule has 2 aliphatic heterocycles. The van der Waals surface area contributed by atoms with Crippen LogP contribution in [0.1, 0.15) is 22.9 Å². The lowest BCUT2D eigenvalue weighted by Crippen LogP contribution is -2.67. The van der Waals surface area contributed by atoms with E-state index in [0.29, 0.717) is 13.2 Å². The Hall–Kier alpha value is -3.62. The van der Waals surface area contributed by atoms with Crippen LogP contribution in [0.3, 0.4) is 0 Å². The summed E-state index contributed by atoms with van der Waals surface area (Å²) in [6.07, 6.45) is 5.59. The molecule has 1 N–H and O–H groups in total. The number of nitrogens with zero attached hydrogens (tertiary/aromatic N) is 5. The van der Waals surface area contributed by atoms with Gasteiger partial charge in [-0.3, -0.25) is 19.7 Å². The van der Waals surface area contributed by atoms with Crippen LogP contribution in [0.15, 0.2) is 67.1 Å². The summed E-state index contributed by atoms with van der Waals surface area (Å²) in [5.74, 6) is 0.188. The summed E-state index contributed by atoms with van der Waals surface area (Å²) in [5, 5.41) is 8.83. The first-order valence-corrected chi connectivity index (χ1v) is 11.9. The van der Waals surface area contributed by atoms with Crippen molar-refractivity contribution in [3.63, 3.8) is 0 Å². The van der Waals surface area contributed by atoms with E-state index in [2.05, 4.69) is 56.6 Å². The molecule has 0 bridgehead atoms. The maximum atomic E-state index is 13.2. The molecule has 8 heteroatoms. The zero-order chi connectivity index (χ0) is 24.0. The Bertz CT molecular complexity index is 1380. The molecule has 8 nitrogen and oxygen atoms in total. The van der Waals surface area contributed by atoms with Crippen molar-refractivity contribution in [3.05, 3.63) is 84.1 Å². The highest BCUT2D eigenvalue weighted by Gasteiger charge is 2.57. The molecule has 5 heterocycles. The fourth-order valence-corrected chi connectivity index (χ4v) is 5.46. The summed E-state index contributed by atoms with van der Waals surface area (Å²) < 4.78 is 7.47. The third-order valence-electron chi connectivity index (χ3n) is 7.44. The Morgan fingerprint density at radius 1 is 1.14 bits per heavy atom. The molecule has 2 saturated heterocycles. The summed E-state index contributed by atoms with van der Waals surface area (Å²) in [7, 11) is 2.13. The number of aryl methyl sites for hydroxylation is 1. The van der Waals surface area contributed by atoms with E-state index in [0.717, 1.165) is 34.5 Å². The Kier molecular flexibility index (Phi) is 5.35. The van der Waals surface area contributed by atoms with E-state index in [4.69, 9.17) is 4.74 Å². The molecule has 178 valence electrons. The second-order valence-electron chi connectivity index (χ2n) is 9.66. The SMILES string of the molecule is Cc1cc(-n2ncc3cc(CC(=O)N[C@@H]4[C@@H](c5ccccc5)CN(C)C45COC5)ncc32)ccn1. The number of ether oxygens (including phenoxy) is 1. The molecule has 4 aromatic rings. The molecule has 0 unspecified atom stereocenters. The zero-order valence-corrected chi connectivity index (χ0v) is 19.9. The van der Waals surface area contributed by atoms with Gasteiger partial charge in [-0.05, 0) is 37.7 Å². The van der Waals surface area contributed by atoms with Crippen molar-refractivity contribution in [2.24, 2.45) is 0 Å². The van der Waals surface area contributed by atoms with Crippen molar-refractivity contribution >= 4 is 16.8 Å². The first-order chi connectivity index (χ1) is 17.0. The second kappa shape index (κ2) is 8.55. The molecule has 1 aromatic carbocycles. The summed E-state index contributed by atoms with van der Waals surface area (Å²) in [5.41, 5.74) is 4.57. The number of pyridine rings is 2. The van der Waals surface area contributed by atoms with Crippen molar-refractivity contribution in [2.75, 3.05) is 26.8 Å². The highest BCUT2D eigenvalue weighted by Crippen LogP contribution is 2.42. The highest BCUT2D eigenvalue weighted by atomic mass is 16.5. The Morgan fingerprint density at radius 3 is 2.71 bits per heavy atom. The molecule has 2 fully saturated rings. The smallest absolute Gasteiger partial charge is 0.226 e. The molecule has 6 rings (SSSR count). The minimum atomic E-state index is -0.155. The van der Waals surface area contributed by atoms with Crippen LogP contribution in [0, 0.1) is 6.92 Å². The fraction of sp³-hybridized carbons (Fsp3) is 0.333. The monoisotopic (exact) mass is 468 g/mol. The van der Waals surface area contributed by atoms with E-state index in [1.165, 1.54) is 5.56 Å². The number of nitrogens with one attached hydrogen (secondary N) is 1. The molecule has 3 aromatic heterocycles. The van der Waals surface area contributed by atoms with Gasteiger partial charge in [-0.15, -0.1) is 0 Å². The summed E-state index contributed by atoms with van der Waals surface area (Å²) >= 11 is 0. The van der Waals surface area contributed by atoms with Crippen molar-refractivity contribution in [3.8, 4) is 5.69 Å². The van der Waals surface area contributed by atoms with Crippen LogP contribution in [0.5, 0.6) is 0 Å². The Balaban J connectivity index is 1.22. The molecule has 2 aliphatic rings. The summed E-state index contributed by atoms with van der Waals surface area (Å²) in [6.45, 7) is 4.11. The summed E-state index contributed by atoms with van der Waals surface area (Å²) in [6, 6.07) is 16.3. The quantitative estimate of drug-likeness (QED) is 0.485. The van der Waals surface area contributed by atoms with Gasteiger partial charge in [0, 0.05) is 29.7 Å². The van der Waals surface area contributed by atoms with Crippen LogP contribution in [0.2, 0.25) is 0 Å². The first-order valence-electron chi connectivity index (χ1n) is 11.9. The standard InChI is InChI=1S/C27H28N6O2/c1-18-10-22(8-9-28-18)33-24-14-29-21(11-20(24)13-30-33)12-25(34)31-26-23(19-6-4-3-5-7-19)15-32(2)27(26)16-35-17-27/h3-11,13-14,23,26H,12,15-17H2,1-2H3,(H,31,34)/t23-,26-/m1/s1. The Labute approximate surface area is 203 Å². The third kappa shape index (κ3) is 3.79. The number of aromatic nitrogens is 4. The van der Waals surface area contributed by atoms with Gasteiger partial charge in [0.15, 0.2) is 0 Å². The lowest BCUT2D eigenvalue weighted by atomic mass is 9.81. The molecule has 1 spiro atoms. The maximum absolute atomic E-state index is 13.2. The molecular weight excluding hydrogens is 440 g/mol. The molecule has 35 heavy (non-hydrogen) atoms. The van der Waals surface area contributed by atoms with Gasteiger partial charge in [-0.2, -0.15) is 5.10 Å². The maximum Gasteiger partial charge on any atom is 0.226 e. The van der Waals surface area contributed by atoms with E-state index in [1.807, 2.05) is 42.1 Å². The number of carbonyl (C=O) groups is 1. The van der Waals surface area contributed by atoms with Crippen molar-refractivity contribution < 1.29 is 9.53 Å². The third-order valence-corrected chi connectivity index (χ3v) is 7.44. The molecule has 1 amide bonds. The van der Waals surface area contributed by atoms with Crippen molar-refractivity contribution in [1.29, 1.82) is 0 Å². The number of fused-ring (bicyclic) bond motifs is 1. The molecule has 0 radical (unpaired) electrons. The van der Waals surface area contributed by atoms with Crippen molar-refractivity contribution in [1.82, 2.24) is 30.0 Å².